The molecule has 0 saturated carbocycles. The van der Waals surface area contributed by atoms with Crippen molar-refractivity contribution in [3.63, 3.8) is 0 Å². The van der Waals surface area contributed by atoms with Crippen LogP contribution in [0.25, 0.3) is 0 Å². The third-order valence-electron chi connectivity index (χ3n) is 3.16. The Kier molecular flexibility index (Phi) is 3.65. The molecule has 2 aromatic rings. The smallest absolute Gasteiger partial charge is 0.224 e. The highest BCUT2D eigenvalue weighted by Gasteiger charge is 2.18. The summed E-state index contributed by atoms with van der Waals surface area (Å²) in [4.78, 5) is 12.7. The molecule has 3 rings (SSSR count). The molecule has 0 spiro atoms. The van der Waals surface area contributed by atoms with Gasteiger partial charge >= 0.3 is 0 Å². The highest BCUT2D eigenvalue weighted by Crippen LogP contribution is 2.38. The fraction of sp³-hybridized carbons (Fsp3) is 0.214. The number of carbonyl (C=O) groups excluding carboxylic acids is 1. The summed E-state index contributed by atoms with van der Waals surface area (Å²) in [7, 11) is 0. The van der Waals surface area contributed by atoms with Gasteiger partial charge in [0, 0.05) is 17.0 Å². The number of thiophene rings is 1. The summed E-state index contributed by atoms with van der Waals surface area (Å²) in [5.41, 5.74) is 3.32. The first kappa shape index (κ1) is 13.2. The lowest BCUT2D eigenvalue weighted by Gasteiger charge is -2.18. The molecule has 98 valence electrons. The predicted octanol–water partition coefficient (Wildman–Crippen LogP) is 4.77. The number of halogens is 2. The first-order valence-electron chi connectivity index (χ1n) is 5.95. The van der Waals surface area contributed by atoms with Crippen LogP contribution in [0, 0.1) is 0 Å². The van der Waals surface area contributed by atoms with Gasteiger partial charge in [-0.3, -0.25) is 4.79 Å². The standard InChI is InChI=1S/C14H11BrClNOS/c15-14(11-4-5-12(16)19-11)9-1-3-10-8(7-9)2-6-13(18)17-10/h1,3-5,7,14H,2,6H2,(H,17,18). The van der Waals surface area contributed by atoms with Crippen LogP contribution in [0.1, 0.15) is 27.3 Å². The summed E-state index contributed by atoms with van der Waals surface area (Å²) < 4.78 is 0.796. The number of aryl methyl sites for hydroxylation is 1. The molecule has 19 heavy (non-hydrogen) atoms. The number of hydrogen-bond donors (Lipinski definition) is 1. The topological polar surface area (TPSA) is 29.1 Å². The Morgan fingerprint density at radius 1 is 1.26 bits per heavy atom. The van der Waals surface area contributed by atoms with Gasteiger partial charge in [0.15, 0.2) is 0 Å². The fourth-order valence-corrected chi connectivity index (χ4v) is 3.97. The van der Waals surface area contributed by atoms with Crippen LogP contribution in [0.15, 0.2) is 30.3 Å². The second-order valence-electron chi connectivity index (χ2n) is 4.47. The second kappa shape index (κ2) is 5.27. The number of nitrogens with one attached hydrogen (secondary N) is 1. The minimum atomic E-state index is 0.0979. The van der Waals surface area contributed by atoms with Crippen LogP contribution >= 0.6 is 38.9 Å². The Morgan fingerprint density at radius 3 is 2.84 bits per heavy atom. The third kappa shape index (κ3) is 2.71. The van der Waals surface area contributed by atoms with E-state index >= 15 is 0 Å². The van der Waals surface area contributed by atoms with Crippen molar-refractivity contribution in [1.82, 2.24) is 0 Å². The molecule has 0 radical (unpaired) electrons. The van der Waals surface area contributed by atoms with Crippen LogP contribution in [0.2, 0.25) is 4.34 Å². The summed E-state index contributed by atoms with van der Waals surface area (Å²) in [5.74, 6) is 0.0979. The minimum absolute atomic E-state index is 0.0979. The highest BCUT2D eigenvalue weighted by molar-refractivity contribution is 9.09. The molecule has 2 nitrogen and oxygen atoms in total. The van der Waals surface area contributed by atoms with E-state index in [0.29, 0.717) is 6.42 Å². The molecule has 1 unspecified atom stereocenters. The molecule has 1 aromatic carbocycles. The van der Waals surface area contributed by atoms with Gasteiger partial charge in [-0.25, -0.2) is 0 Å². The molecule has 1 N–H and O–H groups in total. The zero-order valence-corrected chi connectivity index (χ0v) is 13.1. The summed E-state index contributed by atoms with van der Waals surface area (Å²) in [5, 5.41) is 2.90. The number of benzene rings is 1. The Hall–Kier alpha value is -0.840. The molecule has 1 amide bonds. The van der Waals surface area contributed by atoms with E-state index in [4.69, 9.17) is 11.6 Å². The van der Waals surface area contributed by atoms with Crippen molar-refractivity contribution in [2.75, 3.05) is 5.32 Å². The zero-order chi connectivity index (χ0) is 13.4. The molecule has 0 bridgehead atoms. The number of fused-ring (bicyclic) bond motifs is 1. The zero-order valence-electron chi connectivity index (χ0n) is 9.95. The third-order valence-corrected chi connectivity index (χ3v) is 5.78. The molecule has 5 heteroatoms. The van der Waals surface area contributed by atoms with Gasteiger partial charge in [-0.1, -0.05) is 39.7 Å². The molecule has 1 atom stereocenters. The maximum absolute atomic E-state index is 11.3. The molecule has 1 aliphatic heterocycles. The van der Waals surface area contributed by atoms with Gasteiger partial charge in [-0.05, 0) is 35.7 Å². The number of carbonyl (C=O) groups is 1. The predicted molar refractivity (Wildman–Crippen MR) is 83.5 cm³/mol. The molecule has 2 heterocycles. The molecule has 1 aromatic heterocycles. The quantitative estimate of drug-likeness (QED) is 0.772. The van der Waals surface area contributed by atoms with E-state index in [9.17, 15) is 4.79 Å². The van der Waals surface area contributed by atoms with Crippen molar-refractivity contribution in [2.24, 2.45) is 0 Å². The van der Waals surface area contributed by atoms with E-state index in [0.717, 1.165) is 16.4 Å². The number of amides is 1. The average molecular weight is 357 g/mol. The SMILES string of the molecule is O=C1CCc2cc(C(Br)c3ccc(Cl)s3)ccc2N1. The lowest BCUT2D eigenvalue weighted by Crippen LogP contribution is -2.19. The molecular formula is C14H11BrClNOS. The van der Waals surface area contributed by atoms with E-state index < -0.39 is 0 Å². The van der Waals surface area contributed by atoms with Gasteiger partial charge < -0.3 is 5.32 Å². The Balaban J connectivity index is 1.92. The van der Waals surface area contributed by atoms with Gasteiger partial charge in [0.05, 0.1) is 9.16 Å². The summed E-state index contributed by atoms with van der Waals surface area (Å²) in [6.45, 7) is 0. The van der Waals surface area contributed by atoms with Crippen molar-refractivity contribution in [2.45, 2.75) is 17.7 Å². The number of rotatable bonds is 2. The van der Waals surface area contributed by atoms with Crippen LogP contribution in [0.3, 0.4) is 0 Å². The molecule has 1 aliphatic rings. The first-order chi connectivity index (χ1) is 9.13. The first-order valence-corrected chi connectivity index (χ1v) is 8.06. The minimum Gasteiger partial charge on any atom is -0.326 e. The molecular weight excluding hydrogens is 346 g/mol. The van der Waals surface area contributed by atoms with E-state index in [2.05, 4.69) is 27.3 Å². The van der Waals surface area contributed by atoms with Crippen LogP contribution in [0.4, 0.5) is 5.69 Å². The Labute approximate surface area is 128 Å². The highest BCUT2D eigenvalue weighted by atomic mass is 79.9. The fourth-order valence-electron chi connectivity index (χ4n) is 2.19. The summed E-state index contributed by atoms with van der Waals surface area (Å²) in [6.07, 6.45) is 1.37. The van der Waals surface area contributed by atoms with Gasteiger partial charge in [-0.2, -0.15) is 0 Å². The normalized spacial score (nSPS) is 15.8. The molecule has 0 aliphatic carbocycles. The largest absolute Gasteiger partial charge is 0.326 e. The number of hydrogen-bond acceptors (Lipinski definition) is 2. The van der Waals surface area contributed by atoms with Crippen LogP contribution in [-0.4, -0.2) is 5.91 Å². The Morgan fingerprint density at radius 2 is 2.11 bits per heavy atom. The van der Waals surface area contributed by atoms with Gasteiger partial charge in [0.1, 0.15) is 0 Å². The molecule has 0 saturated heterocycles. The van der Waals surface area contributed by atoms with Crippen LogP contribution < -0.4 is 5.32 Å². The van der Waals surface area contributed by atoms with Crippen molar-refractivity contribution < 1.29 is 4.79 Å². The second-order valence-corrected chi connectivity index (χ2v) is 7.13. The van der Waals surface area contributed by atoms with Crippen molar-refractivity contribution in [3.05, 3.63) is 50.7 Å². The van der Waals surface area contributed by atoms with E-state index in [1.165, 1.54) is 16.0 Å². The lowest BCUT2D eigenvalue weighted by molar-refractivity contribution is -0.116. The van der Waals surface area contributed by atoms with Crippen LogP contribution in [0.5, 0.6) is 0 Å². The number of anilines is 1. The molecule has 0 fully saturated rings. The Bertz CT molecular complexity index is 640. The van der Waals surface area contributed by atoms with Crippen molar-refractivity contribution in [3.8, 4) is 0 Å². The summed E-state index contributed by atoms with van der Waals surface area (Å²) in [6, 6.07) is 10.1. The van der Waals surface area contributed by atoms with E-state index in [1.807, 2.05) is 24.3 Å². The van der Waals surface area contributed by atoms with Gasteiger partial charge in [0.25, 0.3) is 0 Å². The average Bonchev–Trinajstić information content (AvgIpc) is 2.84. The number of alkyl halides is 1. The monoisotopic (exact) mass is 355 g/mol. The summed E-state index contributed by atoms with van der Waals surface area (Å²) >= 11 is 11.3. The van der Waals surface area contributed by atoms with Crippen molar-refractivity contribution >= 4 is 50.5 Å². The maximum Gasteiger partial charge on any atom is 0.224 e. The van der Waals surface area contributed by atoms with Crippen LogP contribution in [-0.2, 0) is 11.2 Å². The lowest BCUT2D eigenvalue weighted by atomic mass is 9.99. The van der Waals surface area contributed by atoms with Gasteiger partial charge in [-0.15, -0.1) is 11.3 Å². The van der Waals surface area contributed by atoms with E-state index in [-0.39, 0.29) is 10.7 Å². The maximum atomic E-state index is 11.3. The van der Waals surface area contributed by atoms with E-state index in [1.54, 1.807) is 11.3 Å². The van der Waals surface area contributed by atoms with Gasteiger partial charge in [0.2, 0.25) is 5.91 Å². The van der Waals surface area contributed by atoms with Crippen molar-refractivity contribution in [1.29, 1.82) is 0 Å².